The maximum atomic E-state index is 16.5. The lowest BCUT2D eigenvalue weighted by Crippen LogP contribution is -2.58. The number of nitrogens with zero attached hydrogens (tertiary/aromatic N) is 3. The van der Waals surface area contributed by atoms with Crippen LogP contribution in [0.25, 0.3) is 10.1 Å². The predicted molar refractivity (Wildman–Crippen MR) is 218 cm³/mol. The fraction of sp³-hybridized carbons (Fsp3) is 0.452. The third-order valence-electron chi connectivity index (χ3n) is 10.9. The molecule has 0 saturated carbocycles. The Kier molecular flexibility index (Phi) is 12.8. The van der Waals surface area contributed by atoms with Crippen LogP contribution in [0.4, 0.5) is 4.39 Å². The van der Waals surface area contributed by atoms with Crippen LogP contribution >= 0.6 is 18.9 Å². The second-order valence-corrected chi connectivity index (χ2v) is 18.2. The third-order valence-corrected chi connectivity index (χ3v) is 14.2. The fourth-order valence-electron chi connectivity index (χ4n) is 7.96. The van der Waals surface area contributed by atoms with Crippen LogP contribution in [-0.4, -0.2) is 88.9 Å². The number of hydrogen-bond acceptors (Lipinski definition) is 10. The summed E-state index contributed by atoms with van der Waals surface area (Å²) in [6.07, 6.45) is 7.27. The highest BCUT2D eigenvalue weighted by Crippen LogP contribution is 2.58. The molecule has 2 aromatic carbocycles. The molecule has 58 heavy (non-hydrogen) atoms. The Labute approximate surface area is 341 Å². The molecule has 2 aromatic heterocycles. The van der Waals surface area contributed by atoms with Crippen molar-refractivity contribution in [2.75, 3.05) is 26.3 Å². The van der Waals surface area contributed by atoms with Crippen LogP contribution in [0.3, 0.4) is 0 Å². The molecule has 5 heterocycles. The van der Waals surface area contributed by atoms with Gasteiger partial charge in [-0.3, -0.25) is 28.7 Å². The molecule has 7 rings (SSSR count). The van der Waals surface area contributed by atoms with Gasteiger partial charge < -0.3 is 29.1 Å². The lowest BCUT2D eigenvalue weighted by atomic mass is 9.91. The maximum absolute atomic E-state index is 16.5. The van der Waals surface area contributed by atoms with Gasteiger partial charge in [-0.25, -0.2) is 9.48 Å². The van der Waals surface area contributed by atoms with Crippen LogP contribution < -0.4 is 19.7 Å². The number of esters is 1. The van der Waals surface area contributed by atoms with Crippen molar-refractivity contribution in [3.8, 4) is 11.5 Å². The first-order valence-electron chi connectivity index (χ1n) is 19.9. The van der Waals surface area contributed by atoms with E-state index in [1.807, 2.05) is 19.9 Å². The lowest BCUT2D eigenvalue weighted by Gasteiger charge is -2.42. The minimum absolute atomic E-state index is 0.0246. The van der Waals surface area contributed by atoms with Gasteiger partial charge in [-0.1, -0.05) is 31.2 Å². The standard InChI is InChI=1S/C42H49FN5O8PS/c1-4-20-55-42(52)26(3)46-57(53,56-31-11-7-6-8-12-31)38(43)27-14-17-36-28(21-27)22-37(58-36)39(49)45-33-13-9-10-30-15-16-34(48(30)40(33)50)41(51)47-24-29(25-47)32-23-44-19-18-35(32)54-5-2/h6-8,11-12,14,17-19,21-23,26,29-30,33-34,38H,4-5,9-10,13,15-16,20,24-25H2,1-3H3,(H,45,49)(H,46,53)/t26-,30-,33-,34-,38+,57?/m0/s1. The van der Waals surface area contributed by atoms with Gasteiger partial charge in [0.25, 0.3) is 5.91 Å². The summed E-state index contributed by atoms with van der Waals surface area (Å²) in [5, 5.41) is 6.05. The molecule has 16 heteroatoms. The molecule has 3 aliphatic rings. The van der Waals surface area contributed by atoms with E-state index in [-0.39, 0.29) is 41.7 Å². The number of likely N-dealkylation sites (tertiary alicyclic amines) is 1. The molecule has 4 aromatic rings. The normalized spacial score (nSPS) is 21.6. The van der Waals surface area contributed by atoms with Gasteiger partial charge in [0.2, 0.25) is 17.7 Å². The zero-order valence-electron chi connectivity index (χ0n) is 32.8. The molecule has 6 atom stereocenters. The molecule has 2 N–H and O–H groups in total. The van der Waals surface area contributed by atoms with E-state index in [1.165, 1.54) is 30.4 Å². The van der Waals surface area contributed by atoms with E-state index in [1.54, 1.807) is 64.7 Å². The van der Waals surface area contributed by atoms with Gasteiger partial charge in [0.1, 0.15) is 29.6 Å². The van der Waals surface area contributed by atoms with E-state index in [0.29, 0.717) is 60.3 Å². The molecular weight excluding hydrogens is 785 g/mol. The summed E-state index contributed by atoms with van der Waals surface area (Å²) in [7, 11) is -4.44. The van der Waals surface area contributed by atoms with E-state index in [9.17, 15) is 23.7 Å². The first kappa shape index (κ1) is 41.3. The Morgan fingerprint density at radius 1 is 1.03 bits per heavy atom. The van der Waals surface area contributed by atoms with Gasteiger partial charge in [0.15, 0.2) is 0 Å². The van der Waals surface area contributed by atoms with Crippen LogP contribution in [-0.2, 0) is 23.7 Å². The summed E-state index contributed by atoms with van der Waals surface area (Å²) in [6.45, 7) is 6.93. The highest BCUT2D eigenvalue weighted by Gasteiger charge is 2.48. The molecule has 1 unspecified atom stereocenters. The van der Waals surface area contributed by atoms with Gasteiger partial charge in [0, 0.05) is 47.7 Å². The van der Waals surface area contributed by atoms with Gasteiger partial charge in [0.05, 0.1) is 18.1 Å². The number of nitrogens with one attached hydrogen (secondary N) is 2. The third kappa shape index (κ3) is 8.76. The number of rotatable bonds is 15. The Morgan fingerprint density at radius 3 is 2.59 bits per heavy atom. The smallest absolute Gasteiger partial charge is 0.355 e. The van der Waals surface area contributed by atoms with Crippen molar-refractivity contribution in [3.05, 3.63) is 89.1 Å². The number of carbonyl (C=O) groups excluding carboxylic acids is 4. The summed E-state index contributed by atoms with van der Waals surface area (Å²) in [5.74, 6) is -2.64. The second kappa shape index (κ2) is 18.0. The van der Waals surface area contributed by atoms with Gasteiger partial charge >= 0.3 is 13.5 Å². The van der Waals surface area contributed by atoms with Crippen molar-refractivity contribution in [2.24, 2.45) is 0 Å². The highest BCUT2D eigenvalue weighted by molar-refractivity contribution is 7.57. The SMILES string of the molecule is CCCOC(=O)[C@H](C)NP(=O)(Oc1ccccc1)[C@@H](F)c1ccc2sc(C(=O)N[C@H]3CCC[C@H]4CC[C@@H](C(=O)N5CC(c6cnccc6OCC)C5)N4C3=O)cc2c1. The average Bonchev–Trinajstić information content (AvgIpc) is 3.80. The maximum Gasteiger partial charge on any atom is 0.355 e. The van der Waals surface area contributed by atoms with Crippen LogP contribution in [0.2, 0.25) is 0 Å². The van der Waals surface area contributed by atoms with Crippen molar-refractivity contribution in [3.63, 3.8) is 0 Å². The van der Waals surface area contributed by atoms with Crippen molar-refractivity contribution in [2.45, 2.75) is 95.3 Å². The number of fused-ring (bicyclic) bond motifs is 2. The van der Waals surface area contributed by atoms with Crippen molar-refractivity contribution in [1.29, 1.82) is 0 Å². The minimum atomic E-state index is -4.44. The van der Waals surface area contributed by atoms with E-state index in [2.05, 4.69) is 15.4 Å². The zero-order valence-corrected chi connectivity index (χ0v) is 34.5. The predicted octanol–water partition coefficient (Wildman–Crippen LogP) is 7.13. The monoisotopic (exact) mass is 833 g/mol. The number of ether oxygens (including phenoxy) is 2. The fourth-order valence-corrected chi connectivity index (χ4v) is 10.8. The number of halogens is 1. The van der Waals surface area contributed by atoms with E-state index < -0.39 is 43.4 Å². The van der Waals surface area contributed by atoms with Gasteiger partial charge in [-0.2, -0.15) is 0 Å². The second-order valence-electron chi connectivity index (χ2n) is 15.0. The number of carbonyl (C=O) groups is 4. The van der Waals surface area contributed by atoms with Crippen molar-refractivity contribution < 1.29 is 42.1 Å². The Bertz CT molecular complexity index is 2180. The van der Waals surface area contributed by atoms with Crippen LogP contribution in [0.1, 0.15) is 91.9 Å². The molecule has 3 saturated heterocycles. The summed E-state index contributed by atoms with van der Waals surface area (Å²) in [5.41, 5.74) is 0.995. The summed E-state index contributed by atoms with van der Waals surface area (Å²) in [4.78, 5) is 62.4. The Hall–Kier alpha value is -4.85. The van der Waals surface area contributed by atoms with Crippen molar-refractivity contribution >= 4 is 52.6 Å². The first-order valence-corrected chi connectivity index (χ1v) is 22.5. The molecule has 0 aliphatic carbocycles. The molecule has 0 bridgehead atoms. The van der Waals surface area contributed by atoms with Crippen LogP contribution in [0.5, 0.6) is 11.5 Å². The number of aromatic nitrogens is 1. The Balaban J connectivity index is 1.03. The number of pyridine rings is 1. The number of para-hydroxylation sites is 1. The Morgan fingerprint density at radius 2 is 1.83 bits per heavy atom. The first-order chi connectivity index (χ1) is 28.0. The molecular formula is C42H49FN5O8PS. The topological polar surface area (TPSA) is 156 Å². The summed E-state index contributed by atoms with van der Waals surface area (Å²) < 4.78 is 48.1. The number of benzene rings is 2. The number of amides is 3. The van der Waals surface area contributed by atoms with Crippen LogP contribution in [0, 0.1) is 0 Å². The summed E-state index contributed by atoms with van der Waals surface area (Å²) in [6, 6.07) is 13.6. The van der Waals surface area contributed by atoms with Gasteiger partial charge in [-0.15, -0.1) is 11.3 Å². The summed E-state index contributed by atoms with van der Waals surface area (Å²) >= 11 is 1.18. The van der Waals surface area contributed by atoms with Crippen molar-refractivity contribution in [1.82, 2.24) is 25.2 Å². The molecule has 13 nitrogen and oxygen atoms in total. The highest BCUT2D eigenvalue weighted by atomic mass is 32.1. The molecule has 308 valence electrons. The number of hydrogen-bond donors (Lipinski definition) is 2. The van der Waals surface area contributed by atoms with E-state index >= 15 is 4.39 Å². The molecule has 3 aliphatic heterocycles. The zero-order chi connectivity index (χ0) is 41.0. The quantitative estimate of drug-likeness (QED) is 0.0933. The van der Waals surface area contributed by atoms with E-state index in [0.717, 1.165) is 24.2 Å². The molecule has 3 fully saturated rings. The number of alkyl halides is 1. The molecule has 0 radical (unpaired) electrons. The lowest BCUT2D eigenvalue weighted by molar-refractivity contribution is -0.148. The van der Waals surface area contributed by atoms with Gasteiger partial charge in [-0.05, 0) is 99.7 Å². The molecule has 0 spiro atoms. The minimum Gasteiger partial charge on any atom is -0.493 e. The number of thiophene rings is 1. The molecule has 3 amide bonds. The largest absolute Gasteiger partial charge is 0.493 e. The average molecular weight is 834 g/mol. The van der Waals surface area contributed by atoms with E-state index in [4.69, 9.17) is 14.0 Å². The van der Waals surface area contributed by atoms with Crippen LogP contribution in [0.15, 0.2) is 73.1 Å².